The van der Waals surface area contributed by atoms with Crippen LogP contribution >= 0.6 is 0 Å². The molecule has 3 aromatic rings. The minimum absolute atomic E-state index is 0.272. The van der Waals surface area contributed by atoms with E-state index in [1.807, 2.05) is 19.2 Å². The zero-order valence-corrected chi connectivity index (χ0v) is 16.7. The maximum Gasteiger partial charge on any atom is 0.165 e. The predicted molar refractivity (Wildman–Crippen MR) is 108 cm³/mol. The molecule has 0 atom stereocenters. The van der Waals surface area contributed by atoms with E-state index in [4.69, 9.17) is 14.7 Å². The molecule has 2 saturated carbocycles. The molecule has 5 heteroatoms. The normalized spacial score (nSPS) is 16.9. The molecule has 1 aromatic carbocycles. The minimum atomic E-state index is -0.350. The van der Waals surface area contributed by atoms with Gasteiger partial charge >= 0.3 is 0 Å². The van der Waals surface area contributed by atoms with Crippen molar-refractivity contribution in [2.75, 3.05) is 7.11 Å². The van der Waals surface area contributed by atoms with E-state index in [2.05, 4.69) is 11.5 Å². The van der Waals surface area contributed by atoms with Gasteiger partial charge in [-0.25, -0.2) is 14.4 Å². The van der Waals surface area contributed by atoms with Crippen molar-refractivity contribution in [2.24, 2.45) is 11.8 Å². The summed E-state index contributed by atoms with van der Waals surface area (Å²) < 4.78 is 22.0. The Morgan fingerprint density at radius 3 is 2.50 bits per heavy atom. The number of nitrogens with zero attached hydrogens (tertiary/aromatic N) is 3. The van der Waals surface area contributed by atoms with Crippen molar-refractivity contribution < 1.29 is 9.13 Å². The van der Waals surface area contributed by atoms with Crippen LogP contribution < -0.4 is 4.74 Å². The molecule has 0 N–H and O–H groups in total. The highest BCUT2D eigenvalue weighted by atomic mass is 19.1. The van der Waals surface area contributed by atoms with E-state index in [1.165, 1.54) is 32.8 Å². The van der Waals surface area contributed by atoms with Crippen molar-refractivity contribution >= 4 is 11.2 Å². The quantitative estimate of drug-likeness (QED) is 0.569. The number of aryl methyl sites for hydroxylation is 2. The molecule has 5 rings (SSSR count). The Morgan fingerprint density at radius 2 is 1.89 bits per heavy atom. The first-order valence-corrected chi connectivity index (χ1v) is 10.3. The SMILES string of the molecule is CCc1nc2c(-c3cc(F)c(OC)cc3C)ccnc2n1C(C1CC1)C1CC1. The molecule has 2 aliphatic rings. The Bertz CT molecular complexity index is 1040. The molecule has 2 heterocycles. The van der Waals surface area contributed by atoms with Crippen molar-refractivity contribution in [3.8, 4) is 16.9 Å². The fourth-order valence-electron chi connectivity index (χ4n) is 4.60. The van der Waals surface area contributed by atoms with Gasteiger partial charge in [0.05, 0.1) is 7.11 Å². The average Bonchev–Trinajstić information content (AvgIpc) is 3.62. The van der Waals surface area contributed by atoms with Crippen LogP contribution in [0.4, 0.5) is 4.39 Å². The Balaban J connectivity index is 1.71. The lowest BCUT2D eigenvalue weighted by Gasteiger charge is -2.20. The van der Waals surface area contributed by atoms with Gasteiger partial charge in [0.2, 0.25) is 0 Å². The van der Waals surface area contributed by atoms with Crippen molar-refractivity contribution in [3.05, 3.63) is 41.6 Å². The van der Waals surface area contributed by atoms with Gasteiger partial charge in [-0.2, -0.15) is 0 Å². The average molecular weight is 379 g/mol. The van der Waals surface area contributed by atoms with Crippen molar-refractivity contribution in [1.82, 2.24) is 14.5 Å². The number of methoxy groups -OCH3 is 1. The van der Waals surface area contributed by atoms with Gasteiger partial charge < -0.3 is 9.30 Å². The Morgan fingerprint density at radius 1 is 1.18 bits per heavy atom. The molecular weight excluding hydrogens is 353 g/mol. The molecule has 2 aliphatic carbocycles. The molecule has 0 radical (unpaired) electrons. The third-order valence-electron chi connectivity index (χ3n) is 6.27. The number of benzene rings is 1. The van der Waals surface area contributed by atoms with Crippen molar-refractivity contribution in [3.63, 3.8) is 0 Å². The number of pyridine rings is 1. The maximum atomic E-state index is 14.5. The number of ether oxygens (including phenoxy) is 1. The molecular formula is C23H26FN3O. The third kappa shape index (κ3) is 2.79. The molecule has 28 heavy (non-hydrogen) atoms. The van der Waals surface area contributed by atoms with Crippen LogP contribution in [-0.4, -0.2) is 21.6 Å². The topological polar surface area (TPSA) is 39.9 Å². The van der Waals surface area contributed by atoms with Gasteiger partial charge in [0.25, 0.3) is 0 Å². The molecule has 146 valence electrons. The van der Waals surface area contributed by atoms with Crippen LogP contribution in [0.15, 0.2) is 24.4 Å². The molecule has 0 amide bonds. The fourth-order valence-corrected chi connectivity index (χ4v) is 4.60. The summed E-state index contributed by atoms with van der Waals surface area (Å²) in [5.74, 6) is 2.55. The maximum absolute atomic E-state index is 14.5. The number of hydrogen-bond acceptors (Lipinski definition) is 3. The molecule has 2 fully saturated rings. The Hall–Kier alpha value is -2.43. The minimum Gasteiger partial charge on any atom is -0.494 e. The number of imidazole rings is 1. The number of halogens is 1. The smallest absolute Gasteiger partial charge is 0.165 e. The first kappa shape index (κ1) is 17.7. The van der Waals surface area contributed by atoms with E-state index in [9.17, 15) is 4.39 Å². The first-order chi connectivity index (χ1) is 13.6. The van der Waals surface area contributed by atoms with Crippen LogP contribution in [0.25, 0.3) is 22.3 Å². The lowest BCUT2D eigenvalue weighted by molar-refractivity contribution is 0.386. The van der Waals surface area contributed by atoms with E-state index in [0.717, 1.165) is 51.9 Å². The van der Waals surface area contributed by atoms with Gasteiger partial charge in [0.1, 0.15) is 11.3 Å². The molecule has 0 saturated heterocycles. The molecule has 0 aliphatic heterocycles. The van der Waals surface area contributed by atoms with Gasteiger partial charge in [-0.3, -0.25) is 0 Å². The first-order valence-electron chi connectivity index (χ1n) is 10.3. The van der Waals surface area contributed by atoms with E-state index >= 15 is 0 Å². The highest BCUT2D eigenvalue weighted by Crippen LogP contribution is 2.53. The molecule has 0 bridgehead atoms. The van der Waals surface area contributed by atoms with Gasteiger partial charge in [-0.15, -0.1) is 0 Å². The Kier molecular flexibility index (Phi) is 4.14. The summed E-state index contributed by atoms with van der Waals surface area (Å²) in [6, 6.07) is 5.80. The lowest BCUT2D eigenvalue weighted by atomic mass is 10.00. The van der Waals surface area contributed by atoms with Gasteiger partial charge in [-0.1, -0.05) is 6.92 Å². The third-order valence-corrected chi connectivity index (χ3v) is 6.27. The number of aromatic nitrogens is 3. The fraction of sp³-hybridized carbons (Fsp3) is 0.478. The molecule has 2 aromatic heterocycles. The van der Waals surface area contributed by atoms with E-state index in [-0.39, 0.29) is 11.6 Å². The summed E-state index contributed by atoms with van der Waals surface area (Å²) in [4.78, 5) is 9.75. The highest BCUT2D eigenvalue weighted by Gasteiger charge is 2.44. The van der Waals surface area contributed by atoms with Gasteiger partial charge in [0, 0.05) is 24.2 Å². The second-order valence-electron chi connectivity index (χ2n) is 8.25. The lowest BCUT2D eigenvalue weighted by Crippen LogP contribution is -2.16. The van der Waals surface area contributed by atoms with E-state index in [1.54, 1.807) is 12.1 Å². The van der Waals surface area contributed by atoms with E-state index < -0.39 is 0 Å². The second-order valence-corrected chi connectivity index (χ2v) is 8.25. The summed E-state index contributed by atoms with van der Waals surface area (Å²) in [6.07, 6.45) is 7.97. The summed E-state index contributed by atoms with van der Waals surface area (Å²) in [6.45, 7) is 4.14. The summed E-state index contributed by atoms with van der Waals surface area (Å²) in [5.41, 5.74) is 4.61. The monoisotopic (exact) mass is 379 g/mol. The molecule has 0 spiro atoms. The van der Waals surface area contributed by atoms with Gasteiger partial charge in [-0.05, 0) is 73.8 Å². The van der Waals surface area contributed by atoms with Crippen LogP contribution in [0.2, 0.25) is 0 Å². The van der Waals surface area contributed by atoms with Crippen LogP contribution in [0, 0.1) is 24.6 Å². The molecule has 0 unspecified atom stereocenters. The van der Waals surface area contributed by atoms with Crippen LogP contribution in [0.1, 0.15) is 50.0 Å². The van der Waals surface area contributed by atoms with Crippen LogP contribution in [0.5, 0.6) is 5.75 Å². The zero-order valence-electron chi connectivity index (χ0n) is 16.7. The number of hydrogen-bond donors (Lipinski definition) is 0. The largest absolute Gasteiger partial charge is 0.494 e. The summed E-state index contributed by atoms with van der Waals surface area (Å²) >= 11 is 0. The predicted octanol–water partition coefficient (Wildman–Crippen LogP) is 5.48. The molecule has 4 nitrogen and oxygen atoms in total. The van der Waals surface area contributed by atoms with E-state index in [0.29, 0.717) is 6.04 Å². The second kappa shape index (κ2) is 6.57. The zero-order chi connectivity index (χ0) is 19.4. The van der Waals surface area contributed by atoms with Crippen LogP contribution in [-0.2, 0) is 6.42 Å². The summed E-state index contributed by atoms with van der Waals surface area (Å²) in [5, 5.41) is 0. The van der Waals surface area contributed by atoms with Crippen molar-refractivity contribution in [2.45, 2.75) is 52.0 Å². The standard InChI is InChI=1S/C23H26FN3O/c1-4-20-26-21-16(17-12-18(24)19(28-3)11-13(17)2)9-10-25-23(21)27(20)22(14-5-6-14)15-7-8-15/h9-12,14-15,22H,4-8H2,1-3H3. The highest BCUT2D eigenvalue weighted by molar-refractivity contribution is 5.91. The van der Waals surface area contributed by atoms with Crippen LogP contribution in [0.3, 0.4) is 0 Å². The Labute approximate surface area is 164 Å². The van der Waals surface area contributed by atoms with Crippen molar-refractivity contribution in [1.29, 1.82) is 0 Å². The number of rotatable bonds is 6. The summed E-state index contributed by atoms with van der Waals surface area (Å²) in [7, 11) is 1.49. The number of fused-ring (bicyclic) bond motifs is 1. The van der Waals surface area contributed by atoms with Gasteiger partial charge in [0.15, 0.2) is 17.2 Å².